The molecule has 4 heterocycles. The molecule has 0 radical (unpaired) electrons. The van der Waals surface area contributed by atoms with E-state index < -0.39 is 0 Å². The maximum absolute atomic E-state index is 12.6. The van der Waals surface area contributed by atoms with Crippen LogP contribution in [0.1, 0.15) is 42.5 Å². The van der Waals surface area contributed by atoms with E-state index in [1.165, 1.54) is 6.33 Å². The number of carbonyl (C=O) groups excluding carboxylic acids is 1. The number of ether oxygens (including phenoxy) is 1. The number of nitrogens with one attached hydrogen (secondary N) is 1. The van der Waals surface area contributed by atoms with E-state index in [-0.39, 0.29) is 11.8 Å². The quantitative estimate of drug-likeness (QED) is 0.550. The van der Waals surface area contributed by atoms with E-state index in [1.54, 1.807) is 9.20 Å². The summed E-state index contributed by atoms with van der Waals surface area (Å²) >= 11 is 0. The highest BCUT2D eigenvalue weighted by molar-refractivity contribution is 5.95. The maximum Gasteiger partial charge on any atom is 0.226 e. The Morgan fingerprint density at radius 3 is 2.80 bits per heavy atom. The largest absolute Gasteiger partial charge is 0.494 e. The lowest BCUT2D eigenvalue weighted by atomic mass is 9.86. The van der Waals surface area contributed by atoms with Crippen molar-refractivity contribution in [1.82, 2.24) is 29.6 Å². The van der Waals surface area contributed by atoms with Gasteiger partial charge in [-0.05, 0) is 43.2 Å². The van der Waals surface area contributed by atoms with Crippen LogP contribution < -0.4 is 10.1 Å². The fourth-order valence-electron chi connectivity index (χ4n) is 3.85. The van der Waals surface area contributed by atoms with E-state index >= 15 is 0 Å². The second-order valence-electron chi connectivity index (χ2n) is 7.31. The van der Waals surface area contributed by atoms with Gasteiger partial charge in [0.05, 0.1) is 12.3 Å². The third kappa shape index (κ3) is 3.08. The number of hydrogen-bond acceptors (Lipinski definition) is 6. The fraction of sp³-hybridized carbons (Fsp3) is 0.286. The first-order chi connectivity index (χ1) is 14.6. The number of carbonyl (C=O) groups is 1. The summed E-state index contributed by atoms with van der Waals surface area (Å²) in [6.07, 6.45) is 2.86. The number of rotatable bonds is 5. The minimum atomic E-state index is -0.0821. The Labute approximate surface area is 172 Å². The molecule has 0 bridgehead atoms. The molecule has 0 aliphatic carbocycles. The van der Waals surface area contributed by atoms with Gasteiger partial charge in [0, 0.05) is 17.9 Å². The molecule has 0 spiro atoms. The highest BCUT2D eigenvalue weighted by Crippen LogP contribution is 2.40. The smallest absolute Gasteiger partial charge is 0.226 e. The molecule has 0 fully saturated rings. The third-order valence-corrected chi connectivity index (χ3v) is 5.22. The van der Waals surface area contributed by atoms with Crippen molar-refractivity contribution in [2.75, 3.05) is 11.9 Å². The molecule has 0 saturated carbocycles. The summed E-state index contributed by atoms with van der Waals surface area (Å²) < 4.78 is 8.94. The van der Waals surface area contributed by atoms with E-state index in [0.29, 0.717) is 30.3 Å². The molecule has 9 heteroatoms. The monoisotopic (exact) mass is 403 g/mol. The topological polar surface area (TPSA) is 99.2 Å². The molecule has 1 N–H and O–H groups in total. The fourth-order valence-corrected chi connectivity index (χ4v) is 3.85. The van der Waals surface area contributed by atoms with Crippen LogP contribution in [-0.4, -0.2) is 42.1 Å². The highest BCUT2D eigenvalue weighted by Gasteiger charge is 2.33. The van der Waals surface area contributed by atoms with Crippen LogP contribution in [0.3, 0.4) is 0 Å². The van der Waals surface area contributed by atoms with Crippen LogP contribution in [-0.2, 0) is 4.79 Å². The van der Waals surface area contributed by atoms with Crippen molar-refractivity contribution < 1.29 is 9.53 Å². The molecule has 0 saturated heterocycles. The summed E-state index contributed by atoms with van der Waals surface area (Å²) in [5, 5.41) is 20.0. The van der Waals surface area contributed by atoms with Gasteiger partial charge in [0.2, 0.25) is 5.91 Å². The molecule has 4 aromatic rings. The van der Waals surface area contributed by atoms with Gasteiger partial charge in [-0.25, -0.2) is 0 Å². The lowest BCUT2D eigenvalue weighted by Gasteiger charge is -2.24. The van der Waals surface area contributed by atoms with Gasteiger partial charge < -0.3 is 10.1 Å². The maximum atomic E-state index is 12.6. The second kappa shape index (κ2) is 7.25. The van der Waals surface area contributed by atoms with E-state index in [2.05, 4.69) is 32.6 Å². The Bertz CT molecular complexity index is 1230. The van der Waals surface area contributed by atoms with Gasteiger partial charge in [-0.15, -0.1) is 15.3 Å². The molecule has 0 unspecified atom stereocenters. The predicted molar refractivity (Wildman–Crippen MR) is 110 cm³/mol. The van der Waals surface area contributed by atoms with Crippen LogP contribution in [0.15, 0.2) is 42.7 Å². The Kier molecular flexibility index (Phi) is 4.42. The van der Waals surface area contributed by atoms with Crippen molar-refractivity contribution in [1.29, 1.82) is 0 Å². The lowest BCUT2D eigenvalue weighted by molar-refractivity contribution is -0.116. The molecule has 30 heavy (non-hydrogen) atoms. The molecule has 1 amide bonds. The van der Waals surface area contributed by atoms with Crippen LogP contribution in [0.25, 0.3) is 11.5 Å². The zero-order chi connectivity index (χ0) is 20.7. The van der Waals surface area contributed by atoms with Crippen LogP contribution in [0, 0.1) is 6.92 Å². The number of hydrogen-bond donors (Lipinski definition) is 1. The van der Waals surface area contributed by atoms with Gasteiger partial charge in [0.15, 0.2) is 11.5 Å². The number of fused-ring (bicyclic) bond motifs is 2. The molecule has 9 nitrogen and oxygen atoms in total. The van der Waals surface area contributed by atoms with Gasteiger partial charge >= 0.3 is 0 Å². The van der Waals surface area contributed by atoms with Crippen molar-refractivity contribution in [3.8, 4) is 11.6 Å². The van der Waals surface area contributed by atoms with Crippen molar-refractivity contribution in [3.05, 3.63) is 59.5 Å². The van der Waals surface area contributed by atoms with Crippen molar-refractivity contribution in [2.45, 2.75) is 32.6 Å². The molecule has 1 atom stereocenters. The first kappa shape index (κ1) is 18.3. The SMILES string of the molecule is CCCOc1ccc([C@H]2CC(=O)Nc3c2c(C)nn3-c2ccc3nncn3n2)cc1. The molecular weight excluding hydrogens is 382 g/mol. The standard InChI is InChI=1S/C21H21N7O2/c1-3-10-30-15-6-4-14(5-7-15)16-11-19(29)23-21-20(16)13(2)25-28(21)18-9-8-17-24-22-12-27(17)26-18/h4-9,12,16H,3,10-11H2,1-2H3,(H,23,29)/t16-/m1/s1. The van der Waals surface area contributed by atoms with E-state index in [9.17, 15) is 4.79 Å². The number of nitrogens with zero attached hydrogens (tertiary/aromatic N) is 6. The summed E-state index contributed by atoms with van der Waals surface area (Å²) in [4.78, 5) is 12.6. The minimum Gasteiger partial charge on any atom is -0.494 e. The number of aromatic nitrogens is 6. The van der Waals surface area contributed by atoms with Crippen LogP contribution in [0.5, 0.6) is 5.75 Å². The Balaban J connectivity index is 1.56. The van der Waals surface area contributed by atoms with Gasteiger partial charge in [-0.2, -0.15) is 14.3 Å². The van der Waals surface area contributed by atoms with Gasteiger partial charge in [0.1, 0.15) is 17.9 Å². The Hall–Kier alpha value is -3.75. The average molecular weight is 403 g/mol. The Morgan fingerprint density at radius 2 is 2.00 bits per heavy atom. The van der Waals surface area contributed by atoms with Gasteiger partial charge in [0.25, 0.3) is 0 Å². The van der Waals surface area contributed by atoms with Gasteiger partial charge in [-0.3, -0.25) is 4.79 Å². The predicted octanol–water partition coefficient (Wildman–Crippen LogP) is 2.88. The molecule has 5 rings (SSSR count). The normalized spacial score (nSPS) is 15.8. The second-order valence-corrected chi connectivity index (χ2v) is 7.31. The number of anilines is 1. The molecule has 1 aliphatic heterocycles. The van der Waals surface area contributed by atoms with E-state index in [4.69, 9.17) is 4.74 Å². The molecular formula is C21H21N7O2. The molecule has 152 valence electrons. The minimum absolute atomic E-state index is 0.0506. The summed E-state index contributed by atoms with van der Waals surface area (Å²) in [7, 11) is 0. The van der Waals surface area contributed by atoms with E-state index in [1.807, 2.05) is 43.3 Å². The van der Waals surface area contributed by atoms with E-state index in [0.717, 1.165) is 29.0 Å². The van der Waals surface area contributed by atoms with Crippen LogP contribution in [0.2, 0.25) is 0 Å². The molecule has 3 aromatic heterocycles. The first-order valence-electron chi connectivity index (χ1n) is 9.93. The zero-order valence-corrected chi connectivity index (χ0v) is 16.7. The number of aryl methyl sites for hydroxylation is 1. The summed E-state index contributed by atoms with van der Waals surface area (Å²) in [5.74, 6) is 1.93. The first-order valence-corrected chi connectivity index (χ1v) is 9.93. The van der Waals surface area contributed by atoms with Crippen LogP contribution >= 0.6 is 0 Å². The summed E-state index contributed by atoms with van der Waals surface area (Å²) in [5.41, 5.74) is 3.55. The van der Waals surface area contributed by atoms with Crippen molar-refractivity contribution in [3.63, 3.8) is 0 Å². The number of benzene rings is 1. The average Bonchev–Trinajstić information content (AvgIpc) is 3.36. The lowest BCUT2D eigenvalue weighted by Crippen LogP contribution is -2.25. The Morgan fingerprint density at radius 1 is 1.17 bits per heavy atom. The van der Waals surface area contributed by atoms with Crippen molar-refractivity contribution >= 4 is 17.4 Å². The summed E-state index contributed by atoms with van der Waals surface area (Å²) in [6, 6.07) is 11.6. The third-order valence-electron chi connectivity index (χ3n) is 5.22. The number of amides is 1. The van der Waals surface area contributed by atoms with Gasteiger partial charge in [-0.1, -0.05) is 19.1 Å². The zero-order valence-electron chi connectivity index (χ0n) is 16.7. The highest BCUT2D eigenvalue weighted by atomic mass is 16.5. The summed E-state index contributed by atoms with van der Waals surface area (Å²) in [6.45, 7) is 4.72. The molecule has 1 aliphatic rings. The molecule has 1 aromatic carbocycles. The van der Waals surface area contributed by atoms with Crippen molar-refractivity contribution in [2.24, 2.45) is 0 Å². The van der Waals surface area contributed by atoms with Crippen LogP contribution in [0.4, 0.5) is 5.82 Å².